The van der Waals surface area contributed by atoms with Crippen LogP contribution >= 0.6 is 11.6 Å². The second-order valence-electron chi connectivity index (χ2n) is 4.38. The van der Waals surface area contributed by atoms with Gasteiger partial charge in [0.2, 0.25) is 0 Å². The highest BCUT2D eigenvalue weighted by atomic mass is 35.5. The average Bonchev–Trinajstić information content (AvgIpc) is 2.26. The molecule has 0 bridgehead atoms. The molecule has 0 saturated carbocycles. The first-order valence-electron chi connectivity index (χ1n) is 5.73. The molecule has 0 saturated heterocycles. The maximum absolute atomic E-state index is 9.95. The topological polar surface area (TPSA) is 46.2 Å². The number of rotatable bonds is 5. The van der Waals surface area contributed by atoms with Crippen molar-refractivity contribution in [3.8, 4) is 0 Å². The summed E-state index contributed by atoms with van der Waals surface area (Å²) in [7, 11) is 0. The Labute approximate surface area is 102 Å². The molecule has 16 heavy (non-hydrogen) atoms. The molecular weight excluding hydrogens is 222 g/mol. The molecule has 0 heterocycles. The Morgan fingerprint density at radius 2 is 2.06 bits per heavy atom. The first kappa shape index (κ1) is 13.5. The Morgan fingerprint density at radius 3 is 2.62 bits per heavy atom. The molecule has 1 atom stereocenters. The molecule has 1 aromatic carbocycles. The summed E-state index contributed by atoms with van der Waals surface area (Å²) in [6.07, 6.45) is 1.11. The average molecular weight is 242 g/mol. The second kappa shape index (κ2) is 6.24. The summed E-state index contributed by atoms with van der Waals surface area (Å²) in [6.45, 7) is 4.80. The quantitative estimate of drug-likeness (QED) is 0.832. The van der Waals surface area contributed by atoms with E-state index >= 15 is 0 Å². The molecule has 0 aliphatic rings. The van der Waals surface area contributed by atoms with E-state index < -0.39 is 6.10 Å². The summed E-state index contributed by atoms with van der Waals surface area (Å²) >= 11 is 6.10. The van der Waals surface area contributed by atoms with Gasteiger partial charge in [0.15, 0.2) is 0 Å². The fraction of sp³-hybridized carbons (Fsp3) is 0.538. The van der Waals surface area contributed by atoms with Gasteiger partial charge in [0.25, 0.3) is 0 Å². The van der Waals surface area contributed by atoms with Crippen molar-refractivity contribution in [2.75, 3.05) is 6.54 Å². The van der Waals surface area contributed by atoms with Gasteiger partial charge in [-0.3, -0.25) is 0 Å². The van der Waals surface area contributed by atoms with Crippen LogP contribution in [0.3, 0.4) is 0 Å². The van der Waals surface area contributed by atoms with Crippen LogP contribution in [-0.4, -0.2) is 11.7 Å². The number of hydrogen-bond donors (Lipinski definition) is 2. The van der Waals surface area contributed by atoms with Crippen LogP contribution in [0.1, 0.15) is 49.8 Å². The van der Waals surface area contributed by atoms with E-state index in [0.717, 1.165) is 22.6 Å². The zero-order valence-electron chi connectivity index (χ0n) is 9.91. The minimum atomic E-state index is -0.432. The van der Waals surface area contributed by atoms with Crippen molar-refractivity contribution in [1.29, 1.82) is 0 Å². The molecule has 1 rings (SSSR count). The van der Waals surface area contributed by atoms with Gasteiger partial charge in [-0.1, -0.05) is 37.6 Å². The third kappa shape index (κ3) is 3.48. The largest absolute Gasteiger partial charge is 0.388 e. The van der Waals surface area contributed by atoms with Gasteiger partial charge in [-0.2, -0.15) is 0 Å². The van der Waals surface area contributed by atoms with Crippen LogP contribution in [-0.2, 0) is 0 Å². The van der Waals surface area contributed by atoms with Gasteiger partial charge in [0.05, 0.1) is 6.10 Å². The highest BCUT2D eigenvalue weighted by molar-refractivity contribution is 6.31. The van der Waals surface area contributed by atoms with Gasteiger partial charge in [0.1, 0.15) is 0 Å². The lowest BCUT2D eigenvalue weighted by atomic mass is 9.97. The molecular formula is C13H20ClNO. The molecule has 1 aromatic rings. The lowest BCUT2D eigenvalue weighted by Gasteiger charge is -2.14. The summed E-state index contributed by atoms with van der Waals surface area (Å²) in [5.74, 6) is 0.370. The molecule has 0 aliphatic carbocycles. The number of hydrogen-bond acceptors (Lipinski definition) is 2. The lowest BCUT2D eigenvalue weighted by Crippen LogP contribution is -2.04. The first-order chi connectivity index (χ1) is 7.56. The highest BCUT2D eigenvalue weighted by Crippen LogP contribution is 2.28. The molecule has 0 spiro atoms. The second-order valence-corrected chi connectivity index (χ2v) is 4.79. The smallest absolute Gasteiger partial charge is 0.0790 e. The summed E-state index contributed by atoms with van der Waals surface area (Å²) < 4.78 is 0. The number of aliphatic hydroxyl groups is 1. The standard InChI is InChI=1S/C13H20ClNO/c1-9(2)11-8-10(5-6-12(11)14)13(16)4-3-7-15/h5-6,8-9,13,16H,3-4,7,15H2,1-2H3. The van der Waals surface area contributed by atoms with E-state index in [9.17, 15) is 5.11 Å². The number of aliphatic hydroxyl groups excluding tert-OH is 1. The molecule has 0 aromatic heterocycles. The van der Waals surface area contributed by atoms with Crippen molar-refractivity contribution in [2.45, 2.75) is 38.7 Å². The summed E-state index contributed by atoms with van der Waals surface area (Å²) in [5, 5.41) is 10.7. The van der Waals surface area contributed by atoms with Crippen LogP contribution in [0.4, 0.5) is 0 Å². The maximum atomic E-state index is 9.95. The van der Waals surface area contributed by atoms with E-state index in [1.165, 1.54) is 0 Å². The minimum Gasteiger partial charge on any atom is -0.388 e. The zero-order chi connectivity index (χ0) is 12.1. The molecule has 3 N–H and O–H groups in total. The monoisotopic (exact) mass is 241 g/mol. The van der Waals surface area contributed by atoms with Crippen LogP contribution < -0.4 is 5.73 Å². The summed E-state index contributed by atoms with van der Waals surface area (Å²) in [5.41, 5.74) is 7.45. The maximum Gasteiger partial charge on any atom is 0.0790 e. The molecule has 1 unspecified atom stereocenters. The number of benzene rings is 1. The molecule has 0 radical (unpaired) electrons. The fourth-order valence-corrected chi connectivity index (χ4v) is 2.03. The Kier molecular flexibility index (Phi) is 5.26. The van der Waals surface area contributed by atoms with Gasteiger partial charge in [0, 0.05) is 5.02 Å². The van der Waals surface area contributed by atoms with E-state index in [1.54, 1.807) is 0 Å². The van der Waals surface area contributed by atoms with Crippen molar-refractivity contribution in [3.63, 3.8) is 0 Å². The van der Waals surface area contributed by atoms with E-state index in [-0.39, 0.29) is 0 Å². The predicted molar refractivity (Wildman–Crippen MR) is 68.8 cm³/mol. The third-order valence-corrected chi connectivity index (χ3v) is 3.05. The van der Waals surface area contributed by atoms with Crippen molar-refractivity contribution in [3.05, 3.63) is 34.3 Å². The van der Waals surface area contributed by atoms with E-state index in [1.807, 2.05) is 18.2 Å². The Balaban J connectivity index is 2.85. The van der Waals surface area contributed by atoms with Crippen LogP contribution in [0.25, 0.3) is 0 Å². The van der Waals surface area contributed by atoms with Crippen LogP contribution in [0.2, 0.25) is 5.02 Å². The lowest BCUT2D eigenvalue weighted by molar-refractivity contribution is 0.165. The molecule has 0 amide bonds. The van der Waals surface area contributed by atoms with Gasteiger partial charge >= 0.3 is 0 Å². The Morgan fingerprint density at radius 1 is 1.38 bits per heavy atom. The van der Waals surface area contributed by atoms with Gasteiger partial charge in [-0.15, -0.1) is 0 Å². The number of nitrogens with two attached hydrogens (primary N) is 1. The van der Waals surface area contributed by atoms with Crippen molar-refractivity contribution in [1.82, 2.24) is 0 Å². The third-order valence-electron chi connectivity index (χ3n) is 2.71. The van der Waals surface area contributed by atoms with Gasteiger partial charge in [-0.05, 0) is 42.5 Å². The van der Waals surface area contributed by atoms with Crippen LogP contribution in [0.15, 0.2) is 18.2 Å². The van der Waals surface area contributed by atoms with Crippen molar-refractivity contribution < 1.29 is 5.11 Å². The van der Waals surface area contributed by atoms with E-state index in [2.05, 4.69) is 13.8 Å². The molecule has 90 valence electrons. The summed E-state index contributed by atoms with van der Waals surface area (Å²) in [4.78, 5) is 0. The number of halogens is 1. The van der Waals surface area contributed by atoms with E-state index in [4.69, 9.17) is 17.3 Å². The predicted octanol–water partition coefficient (Wildman–Crippen LogP) is 3.24. The fourth-order valence-electron chi connectivity index (χ4n) is 1.69. The van der Waals surface area contributed by atoms with Crippen molar-refractivity contribution >= 4 is 11.6 Å². The van der Waals surface area contributed by atoms with Gasteiger partial charge in [-0.25, -0.2) is 0 Å². The van der Waals surface area contributed by atoms with Crippen molar-refractivity contribution in [2.24, 2.45) is 5.73 Å². The van der Waals surface area contributed by atoms with Crippen LogP contribution in [0, 0.1) is 0 Å². The molecule has 0 fully saturated rings. The zero-order valence-corrected chi connectivity index (χ0v) is 10.7. The SMILES string of the molecule is CC(C)c1cc(C(O)CCCN)ccc1Cl. The minimum absolute atomic E-state index is 0.370. The van der Waals surface area contributed by atoms with E-state index in [0.29, 0.717) is 18.9 Å². The van der Waals surface area contributed by atoms with Crippen LogP contribution in [0.5, 0.6) is 0 Å². The molecule has 0 aliphatic heterocycles. The van der Waals surface area contributed by atoms with Gasteiger partial charge < -0.3 is 10.8 Å². The normalized spacial score (nSPS) is 13.1. The molecule has 2 nitrogen and oxygen atoms in total. The molecule has 3 heteroatoms. The first-order valence-corrected chi connectivity index (χ1v) is 6.11. The Bertz CT molecular complexity index is 339. The highest BCUT2D eigenvalue weighted by Gasteiger charge is 2.11. The summed E-state index contributed by atoms with van der Waals surface area (Å²) in [6, 6.07) is 5.74. The Hall–Kier alpha value is -0.570.